The summed E-state index contributed by atoms with van der Waals surface area (Å²) in [5, 5.41) is 0. The van der Waals surface area contributed by atoms with Gasteiger partial charge in [0.1, 0.15) is 0 Å². The average molecular weight is 136 g/mol. The smallest absolute Gasteiger partial charge is 0.00799 e. The zero-order chi connectivity index (χ0) is 6.83. The molecule has 3 heteroatoms. The molecule has 0 amide bonds. The van der Waals surface area contributed by atoms with E-state index in [4.69, 9.17) is 11.5 Å². The molecule has 9 heavy (non-hydrogen) atoms. The van der Waals surface area contributed by atoms with Crippen molar-refractivity contribution in [3.8, 4) is 0 Å². The van der Waals surface area contributed by atoms with Crippen LogP contribution in [-0.2, 0) is 0 Å². The molecule has 0 aromatic rings. The van der Waals surface area contributed by atoms with E-state index >= 15 is 0 Å². The highest BCUT2D eigenvalue weighted by Gasteiger charge is 1.55. The van der Waals surface area contributed by atoms with Gasteiger partial charge in [-0.15, -0.1) is 0 Å². The summed E-state index contributed by atoms with van der Waals surface area (Å²) in [6, 6.07) is 0. The third-order valence-electron chi connectivity index (χ3n) is 0.577. The summed E-state index contributed by atoms with van der Waals surface area (Å²) >= 11 is 0. The zero-order valence-electron chi connectivity index (χ0n) is 6.48. The first-order valence-electron chi connectivity index (χ1n) is 3.23. The number of hydrogen-bond donors (Lipinski definition) is 2. The Morgan fingerprint density at radius 3 is 1.00 bits per heavy atom. The Morgan fingerprint density at radius 1 is 0.889 bits per heavy atom. The Labute approximate surface area is 57.7 Å². The van der Waals surface area contributed by atoms with Gasteiger partial charge in [-0.2, -0.15) is 0 Å². The molecule has 0 saturated carbocycles. The van der Waals surface area contributed by atoms with Crippen molar-refractivity contribution in [3.05, 3.63) is 0 Å². The van der Waals surface area contributed by atoms with Gasteiger partial charge in [0.25, 0.3) is 0 Å². The normalized spacial score (nSPS) is 6.67. The van der Waals surface area contributed by atoms with Crippen LogP contribution in [0.1, 0.15) is 26.7 Å². The molecule has 0 aliphatic carbocycles. The van der Waals surface area contributed by atoms with E-state index in [2.05, 4.69) is 13.8 Å². The molecule has 0 spiro atoms. The summed E-state index contributed by atoms with van der Waals surface area (Å²) in [6.45, 7) is 5.75. The van der Waals surface area contributed by atoms with Crippen molar-refractivity contribution >= 4 is 0 Å². The third kappa shape index (κ3) is 77.1. The molecule has 0 heterocycles. The lowest BCUT2D eigenvalue weighted by Gasteiger charge is -1.70. The fraction of sp³-hybridized carbons (Fsp3) is 1.00. The van der Waals surface area contributed by atoms with E-state index < -0.39 is 0 Å². The third-order valence-corrected chi connectivity index (χ3v) is 0.577. The van der Waals surface area contributed by atoms with E-state index in [9.17, 15) is 0 Å². The highest BCUT2D eigenvalue weighted by atomic mass is 16.0. The lowest BCUT2D eigenvalue weighted by Crippen LogP contribution is -1.93. The van der Waals surface area contributed by atoms with Gasteiger partial charge in [0.15, 0.2) is 0 Å². The van der Waals surface area contributed by atoms with Gasteiger partial charge in [-0.25, -0.2) is 0 Å². The van der Waals surface area contributed by atoms with Crippen LogP contribution in [0.5, 0.6) is 0 Å². The van der Waals surface area contributed by atoms with E-state index in [0.717, 1.165) is 25.9 Å². The van der Waals surface area contributed by atoms with Crippen LogP contribution in [0.25, 0.3) is 0 Å². The molecule has 0 atom stereocenters. The first kappa shape index (κ1) is 15.9. The number of hydrogen-bond acceptors (Lipinski definition) is 2. The van der Waals surface area contributed by atoms with Crippen molar-refractivity contribution in [1.82, 2.24) is 0 Å². The highest BCUT2D eigenvalue weighted by Crippen LogP contribution is 1.57. The lowest BCUT2D eigenvalue weighted by molar-refractivity contribution is 0.824. The maximum Gasteiger partial charge on any atom is -0.00799 e. The number of rotatable bonds is 2. The van der Waals surface area contributed by atoms with Crippen LogP contribution in [-0.4, -0.2) is 18.6 Å². The number of nitrogens with two attached hydrogens (primary N) is 2. The minimum absolute atomic E-state index is 0. The topological polar surface area (TPSA) is 83.5 Å². The van der Waals surface area contributed by atoms with Crippen LogP contribution in [0, 0.1) is 0 Å². The van der Waals surface area contributed by atoms with Gasteiger partial charge in [-0.3, -0.25) is 0 Å². The van der Waals surface area contributed by atoms with Crippen molar-refractivity contribution in [2.45, 2.75) is 26.7 Å². The van der Waals surface area contributed by atoms with Gasteiger partial charge in [0.05, 0.1) is 0 Å². The monoisotopic (exact) mass is 136 g/mol. The van der Waals surface area contributed by atoms with Crippen molar-refractivity contribution < 1.29 is 5.48 Å². The molecule has 6 N–H and O–H groups in total. The second kappa shape index (κ2) is 24.8. The summed E-state index contributed by atoms with van der Waals surface area (Å²) < 4.78 is 0. The van der Waals surface area contributed by atoms with Crippen molar-refractivity contribution in [1.29, 1.82) is 0 Å². The van der Waals surface area contributed by atoms with Crippen LogP contribution in [0.2, 0.25) is 0 Å². The summed E-state index contributed by atoms with van der Waals surface area (Å²) in [7, 11) is 0. The fourth-order valence-electron chi connectivity index (χ4n) is 0. The van der Waals surface area contributed by atoms with Gasteiger partial charge < -0.3 is 16.9 Å². The molecule has 0 radical (unpaired) electrons. The van der Waals surface area contributed by atoms with Crippen LogP contribution in [0.4, 0.5) is 0 Å². The SMILES string of the molecule is CCCN.CCCN.O. The van der Waals surface area contributed by atoms with Crippen molar-refractivity contribution in [2.75, 3.05) is 13.1 Å². The standard InChI is InChI=1S/2C3H9N.H2O/c2*1-2-3-4;/h2*2-4H2,1H3;1H2. The molecule has 0 fully saturated rings. The molecular weight excluding hydrogens is 116 g/mol. The molecule has 0 bridgehead atoms. The van der Waals surface area contributed by atoms with Gasteiger partial charge in [-0.05, 0) is 25.9 Å². The maximum atomic E-state index is 5.03. The predicted octanol–water partition coefficient (Wildman–Crippen LogP) is -0.114. The van der Waals surface area contributed by atoms with Gasteiger partial charge in [0, 0.05) is 0 Å². The fourth-order valence-corrected chi connectivity index (χ4v) is 0. The molecule has 0 aromatic heterocycles. The molecular formula is C6H20N2O. The second-order valence-corrected chi connectivity index (χ2v) is 1.58. The summed E-state index contributed by atoms with van der Waals surface area (Å²) in [5.41, 5.74) is 10.1. The quantitative estimate of drug-likeness (QED) is 0.555. The molecule has 3 nitrogen and oxygen atoms in total. The average Bonchev–Trinajstić information content (AvgIpc) is 1.88. The second-order valence-electron chi connectivity index (χ2n) is 1.58. The van der Waals surface area contributed by atoms with Crippen LogP contribution in [0.3, 0.4) is 0 Å². The first-order valence-corrected chi connectivity index (χ1v) is 3.23. The van der Waals surface area contributed by atoms with Crippen LogP contribution < -0.4 is 11.5 Å². The highest BCUT2D eigenvalue weighted by molar-refractivity contribution is 4.19. The minimum Gasteiger partial charge on any atom is -0.412 e. The van der Waals surface area contributed by atoms with Crippen LogP contribution >= 0.6 is 0 Å². The largest absolute Gasteiger partial charge is 0.412 e. The summed E-state index contributed by atoms with van der Waals surface area (Å²) in [6.07, 6.45) is 2.19. The van der Waals surface area contributed by atoms with E-state index in [1.165, 1.54) is 0 Å². The van der Waals surface area contributed by atoms with Gasteiger partial charge in [0.2, 0.25) is 0 Å². The minimum atomic E-state index is 0. The van der Waals surface area contributed by atoms with E-state index in [1.807, 2.05) is 0 Å². The van der Waals surface area contributed by atoms with Crippen molar-refractivity contribution in [3.63, 3.8) is 0 Å². The Bertz CT molecular complexity index is 19.0. The van der Waals surface area contributed by atoms with E-state index in [-0.39, 0.29) is 5.48 Å². The zero-order valence-corrected chi connectivity index (χ0v) is 6.48. The molecule has 60 valence electrons. The van der Waals surface area contributed by atoms with Gasteiger partial charge in [-0.1, -0.05) is 13.8 Å². The Balaban J connectivity index is -0.0000000720. The summed E-state index contributed by atoms with van der Waals surface area (Å²) in [5.74, 6) is 0. The van der Waals surface area contributed by atoms with Crippen LogP contribution in [0.15, 0.2) is 0 Å². The predicted molar refractivity (Wildman–Crippen MR) is 42.3 cm³/mol. The molecule has 0 saturated heterocycles. The van der Waals surface area contributed by atoms with Gasteiger partial charge >= 0.3 is 0 Å². The molecule has 0 aliphatic rings. The lowest BCUT2D eigenvalue weighted by atomic mass is 10.5. The maximum absolute atomic E-state index is 5.03. The molecule has 0 aromatic carbocycles. The van der Waals surface area contributed by atoms with E-state index in [1.54, 1.807) is 0 Å². The Kier molecular flexibility index (Phi) is 43.9. The molecule has 0 aliphatic heterocycles. The van der Waals surface area contributed by atoms with E-state index in [0.29, 0.717) is 0 Å². The first-order chi connectivity index (χ1) is 3.83. The Morgan fingerprint density at radius 2 is 1.00 bits per heavy atom. The van der Waals surface area contributed by atoms with Crippen molar-refractivity contribution in [2.24, 2.45) is 11.5 Å². The summed E-state index contributed by atoms with van der Waals surface area (Å²) in [4.78, 5) is 0. The molecule has 0 unspecified atom stereocenters. The Hall–Kier alpha value is -0.120. The molecule has 0 rings (SSSR count).